The molecule has 0 aliphatic heterocycles. The van der Waals surface area contributed by atoms with Gasteiger partial charge in [-0.2, -0.15) is 0 Å². The van der Waals surface area contributed by atoms with E-state index in [1.165, 1.54) is 11.3 Å². The van der Waals surface area contributed by atoms with Crippen LogP contribution in [0.1, 0.15) is 12.6 Å². The summed E-state index contributed by atoms with van der Waals surface area (Å²) >= 11 is 1.18. The number of hydrogen-bond acceptors (Lipinski definition) is 6. The first-order valence-corrected chi connectivity index (χ1v) is 4.70. The number of thiazole rings is 1. The van der Waals surface area contributed by atoms with Gasteiger partial charge in [0, 0.05) is 5.38 Å². The Hall–Kier alpha value is -1.63. The highest BCUT2D eigenvalue weighted by atomic mass is 32.1. The summed E-state index contributed by atoms with van der Waals surface area (Å²) in [6, 6.07) is 0. The van der Waals surface area contributed by atoms with E-state index < -0.39 is 5.91 Å². The third kappa shape index (κ3) is 2.43. The van der Waals surface area contributed by atoms with E-state index in [-0.39, 0.29) is 11.4 Å². The standard InChI is InChI=1S/C7H9N4O2S/c1-2-13-11-5(6(8)12)4-3-14-7(9)10-4/h3,8H,2H2,1H3,(H2,9,10). The fraction of sp³-hybridized carbons (Fsp3) is 0.286. The summed E-state index contributed by atoms with van der Waals surface area (Å²) in [6.07, 6.45) is 0. The first-order valence-electron chi connectivity index (χ1n) is 3.82. The summed E-state index contributed by atoms with van der Waals surface area (Å²) in [4.78, 5) is 19.4. The van der Waals surface area contributed by atoms with Gasteiger partial charge in [-0.25, -0.2) is 4.98 Å². The first kappa shape index (κ1) is 10.5. The normalized spacial score (nSPS) is 11.4. The Bertz CT molecular complexity index is 360. The monoisotopic (exact) mass is 213 g/mol. The van der Waals surface area contributed by atoms with Gasteiger partial charge in [-0.3, -0.25) is 10.5 Å². The molecule has 0 saturated carbocycles. The van der Waals surface area contributed by atoms with E-state index in [1.807, 2.05) is 0 Å². The number of nitrogens with one attached hydrogen (secondary N) is 1. The third-order valence-corrected chi connectivity index (χ3v) is 1.94. The number of hydrogen-bond donors (Lipinski definition) is 1. The SMILES string of the molecule is CCON=C(C([NH])=O)c1csc(N)n1. The molecule has 0 atom stereocenters. The molecule has 0 aliphatic carbocycles. The van der Waals surface area contributed by atoms with Crippen molar-refractivity contribution in [1.29, 1.82) is 0 Å². The minimum Gasteiger partial charge on any atom is -0.395 e. The molecule has 0 aliphatic rings. The number of nitrogens with zero attached hydrogens (tertiary/aromatic N) is 2. The zero-order valence-corrected chi connectivity index (χ0v) is 8.30. The quantitative estimate of drug-likeness (QED) is 0.573. The number of aromatic nitrogens is 1. The molecule has 1 aromatic rings. The molecule has 7 heteroatoms. The number of anilines is 1. The Morgan fingerprint density at radius 1 is 1.86 bits per heavy atom. The van der Waals surface area contributed by atoms with Gasteiger partial charge in [0.2, 0.25) is 0 Å². The number of amides is 1. The zero-order chi connectivity index (χ0) is 10.6. The van der Waals surface area contributed by atoms with Gasteiger partial charge in [-0.15, -0.1) is 11.3 Å². The van der Waals surface area contributed by atoms with E-state index >= 15 is 0 Å². The summed E-state index contributed by atoms with van der Waals surface area (Å²) in [7, 11) is 0. The van der Waals surface area contributed by atoms with E-state index in [2.05, 4.69) is 10.1 Å². The van der Waals surface area contributed by atoms with Crippen LogP contribution in [0.3, 0.4) is 0 Å². The lowest BCUT2D eigenvalue weighted by Crippen LogP contribution is -2.17. The van der Waals surface area contributed by atoms with E-state index in [1.54, 1.807) is 12.3 Å². The highest BCUT2D eigenvalue weighted by Crippen LogP contribution is 2.12. The molecule has 14 heavy (non-hydrogen) atoms. The van der Waals surface area contributed by atoms with E-state index in [4.69, 9.17) is 16.3 Å². The maximum atomic E-state index is 10.8. The average Bonchev–Trinajstić information content (AvgIpc) is 2.52. The van der Waals surface area contributed by atoms with E-state index in [0.29, 0.717) is 11.7 Å². The van der Waals surface area contributed by atoms with Gasteiger partial charge in [-0.05, 0) is 6.92 Å². The van der Waals surface area contributed by atoms with Crippen LogP contribution in [0.2, 0.25) is 0 Å². The fourth-order valence-electron chi connectivity index (χ4n) is 0.730. The van der Waals surface area contributed by atoms with Gasteiger partial charge in [0.1, 0.15) is 12.3 Å². The average molecular weight is 213 g/mol. The molecule has 0 fully saturated rings. The molecule has 1 aromatic heterocycles. The lowest BCUT2D eigenvalue weighted by Gasteiger charge is -1.96. The molecule has 6 nitrogen and oxygen atoms in total. The van der Waals surface area contributed by atoms with Crippen LogP contribution in [0.15, 0.2) is 10.5 Å². The summed E-state index contributed by atoms with van der Waals surface area (Å²) in [5.41, 5.74) is 12.5. The number of carbonyl (C=O) groups excluding carboxylic acids is 1. The Morgan fingerprint density at radius 2 is 2.57 bits per heavy atom. The van der Waals surface area contributed by atoms with Crippen LogP contribution >= 0.6 is 11.3 Å². The lowest BCUT2D eigenvalue weighted by molar-refractivity contribution is -0.112. The van der Waals surface area contributed by atoms with Crippen molar-refractivity contribution in [3.8, 4) is 0 Å². The second kappa shape index (κ2) is 4.56. The van der Waals surface area contributed by atoms with Crippen molar-refractivity contribution in [2.75, 3.05) is 12.3 Å². The Kier molecular flexibility index (Phi) is 3.41. The van der Waals surface area contributed by atoms with Crippen molar-refractivity contribution in [3.05, 3.63) is 11.1 Å². The highest BCUT2D eigenvalue weighted by molar-refractivity contribution is 7.13. The zero-order valence-electron chi connectivity index (χ0n) is 7.48. The number of carbonyl (C=O) groups is 1. The van der Waals surface area contributed by atoms with Gasteiger partial charge in [0.25, 0.3) is 5.91 Å². The molecule has 0 aromatic carbocycles. The largest absolute Gasteiger partial charge is 0.395 e. The Balaban J connectivity index is 2.94. The van der Waals surface area contributed by atoms with Crippen LogP contribution < -0.4 is 11.5 Å². The molecule has 0 bridgehead atoms. The molecule has 1 heterocycles. The Morgan fingerprint density at radius 3 is 3.00 bits per heavy atom. The molecular formula is C7H9N4O2S. The number of oxime groups is 1. The number of rotatable bonds is 4. The maximum absolute atomic E-state index is 10.8. The summed E-state index contributed by atoms with van der Waals surface area (Å²) in [5, 5.41) is 5.37. The van der Waals surface area contributed by atoms with Crippen molar-refractivity contribution in [1.82, 2.24) is 10.7 Å². The van der Waals surface area contributed by atoms with Crippen molar-refractivity contribution in [3.63, 3.8) is 0 Å². The smallest absolute Gasteiger partial charge is 0.294 e. The second-order valence-corrected chi connectivity index (χ2v) is 3.15. The van der Waals surface area contributed by atoms with Gasteiger partial charge >= 0.3 is 0 Å². The van der Waals surface area contributed by atoms with Crippen molar-refractivity contribution in [2.45, 2.75) is 6.92 Å². The van der Waals surface area contributed by atoms with Crippen LogP contribution in [-0.4, -0.2) is 23.2 Å². The maximum Gasteiger partial charge on any atom is 0.294 e. The highest BCUT2D eigenvalue weighted by Gasteiger charge is 2.15. The van der Waals surface area contributed by atoms with Gasteiger partial charge < -0.3 is 10.6 Å². The predicted octanol–water partition coefficient (Wildman–Crippen LogP) is 0.275. The lowest BCUT2D eigenvalue weighted by atomic mass is 10.3. The fourth-order valence-corrected chi connectivity index (χ4v) is 1.28. The molecule has 3 N–H and O–H groups in total. The van der Waals surface area contributed by atoms with Crippen LogP contribution in [0.4, 0.5) is 5.13 Å². The minimum atomic E-state index is -0.941. The third-order valence-electron chi connectivity index (χ3n) is 1.26. The second-order valence-electron chi connectivity index (χ2n) is 2.26. The molecule has 1 radical (unpaired) electrons. The molecule has 0 spiro atoms. The summed E-state index contributed by atoms with van der Waals surface area (Å²) < 4.78 is 0. The Labute approximate surface area is 84.6 Å². The van der Waals surface area contributed by atoms with Gasteiger partial charge in [-0.1, -0.05) is 5.16 Å². The van der Waals surface area contributed by atoms with Crippen LogP contribution in [0, 0.1) is 0 Å². The number of nitrogens with two attached hydrogens (primary N) is 1. The van der Waals surface area contributed by atoms with Crippen LogP contribution in [0.25, 0.3) is 0 Å². The molecule has 1 rings (SSSR count). The van der Waals surface area contributed by atoms with Crippen molar-refractivity contribution >= 4 is 28.1 Å². The topological polar surface area (TPSA) is 101 Å². The van der Waals surface area contributed by atoms with E-state index in [0.717, 1.165) is 0 Å². The predicted molar refractivity (Wildman–Crippen MR) is 52.8 cm³/mol. The van der Waals surface area contributed by atoms with Crippen molar-refractivity contribution < 1.29 is 9.63 Å². The van der Waals surface area contributed by atoms with Crippen LogP contribution in [0.5, 0.6) is 0 Å². The summed E-state index contributed by atoms with van der Waals surface area (Å²) in [6.45, 7) is 2.06. The minimum absolute atomic E-state index is 0.125. The van der Waals surface area contributed by atoms with Gasteiger partial charge in [0.05, 0.1) is 0 Å². The van der Waals surface area contributed by atoms with Crippen LogP contribution in [-0.2, 0) is 9.63 Å². The summed E-state index contributed by atoms with van der Waals surface area (Å²) in [5.74, 6) is -0.941. The molecule has 1 amide bonds. The molecule has 0 unspecified atom stereocenters. The van der Waals surface area contributed by atoms with Gasteiger partial charge in [0.15, 0.2) is 10.8 Å². The number of nitrogen functional groups attached to an aromatic ring is 1. The van der Waals surface area contributed by atoms with E-state index in [9.17, 15) is 4.79 Å². The molecule has 0 saturated heterocycles. The first-order chi connectivity index (χ1) is 6.65. The molecular weight excluding hydrogens is 204 g/mol. The van der Waals surface area contributed by atoms with Crippen molar-refractivity contribution in [2.24, 2.45) is 5.16 Å². The molecule has 75 valence electrons.